The zero-order chi connectivity index (χ0) is 19.8. The van der Waals surface area contributed by atoms with E-state index < -0.39 is 0 Å². The standard InChI is InChI=1S/C17H18N10O/c1-10-20-11(9-12(18)21-10)15-16(23-14-5-4-7-19-27(14)15)22-13-6-8-26(24-13)17(28)25(2)3/h4-9H,1-3H3,(H,22,24)(H2,18,20,21). The first kappa shape index (κ1) is 17.4. The molecular weight excluding hydrogens is 360 g/mol. The third kappa shape index (κ3) is 3.09. The minimum Gasteiger partial charge on any atom is -0.384 e. The molecule has 0 aliphatic heterocycles. The number of amides is 1. The van der Waals surface area contributed by atoms with Crippen LogP contribution < -0.4 is 11.1 Å². The number of nitrogens with two attached hydrogens (primary N) is 1. The summed E-state index contributed by atoms with van der Waals surface area (Å²) in [7, 11) is 3.32. The number of hydrogen-bond donors (Lipinski definition) is 2. The molecule has 0 atom stereocenters. The highest BCUT2D eigenvalue weighted by Crippen LogP contribution is 2.29. The van der Waals surface area contributed by atoms with Gasteiger partial charge in [-0.25, -0.2) is 24.3 Å². The molecule has 0 aliphatic carbocycles. The Morgan fingerprint density at radius 2 is 2.04 bits per heavy atom. The lowest BCUT2D eigenvalue weighted by Gasteiger charge is -2.09. The minimum atomic E-state index is -0.260. The molecule has 0 saturated heterocycles. The highest BCUT2D eigenvalue weighted by Gasteiger charge is 2.19. The molecule has 0 aliphatic rings. The summed E-state index contributed by atoms with van der Waals surface area (Å²) in [4.78, 5) is 26.6. The van der Waals surface area contributed by atoms with Gasteiger partial charge in [-0.05, 0) is 19.1 Å². The quantitative estimate of drug-likeness (QED) is 0.549. The van der Waals surface area contributed by atoms with Gasteiger partial charge in [0, 0.05) is 38.6 Å². The number of nitrogens with zero attached hydrogens (tertiary/aromatic N) is 8. The van der Waals surface area contributed by atoms with Gasteiger partial charge in [0.1, 0.15) is 17.3 Å². The predicted molar refractivity (Wildman–Crippen MR) is 103 cm³/mol. The second-order valence-corrected chi connectivity index (χ2v) is 6.28. The summed E-state index contributed by atoms with van der Waals surface area (Å²) in [5.41, 5.74) is 7.71. The third-order valence-electron chi connectivity index (χ3n) is 3.91. The Bertz CT molecular complexity index is 1160. The summed E-state index contributed by atoms with van der Waals surface area (Å²) in [6, 6.07) is 6.70. The van der Waals surface area contributed by atoms with Crippen LogP contribution in [0.5, 0.6) is 0 Å². The van der Waals surface area contributed by atoms with Crippen molar-refractivity contribution < 1.29 is 4.79 Å². The van der Waals surface area contributed by atoms with Crippen LogP contribution >= 0.6 is 0 Å². The van der Waals surface area contributed by atoms with Crippen LogP contribution in [0.2, 0.25) is 0 Å². The van der Waals surface area contributed by atoms with Crippen molar-refractivity contribution in [2.75, 3.05) is 25.1 Å². The topological polar surface area (TPSA) is 132 Å². The van der Waals surface area contributed by atoms with E-state index in [-0.39, 0.29) is 6.03 Å². The largest absolute Gasteiger partial charge is 0.384 e. The third-order valence-corrected chi connectivity index (χ3v) is 3.91. The fraction of sp³-hybridized carbons (Fsp3) is 0.176. The van der Waals surface area contributed by atoms with E-state index in [4.69, 9.17) is 5.73 Å². The van der Waals surface area contributed by atoms with Crippen LogP contribution in [0.25, 0.3) is 17.0 Å². The number of carbonyl (C=O) groups is 1. The molecule has 11 nitrogen and oxygen atoms in total. The molecule has 0 unspecified atom stereocenters. The molecule has 0 aromatic carbocycles. The number of carbonyl (C=O) groups excluding carboxylic acids is 1. The highest BCUT2D eigenvalue weighted by molar-refractivity contribution is 5.79. The smallest absolute Gasteiger partial charge is 0.344 e. The number of hydrogen-bond acceptors (Lipinski definition) is 8. The first-order valence-corrected chi connectivity index (χ1v) is 8.42. The van der Waals surface area contributed by atoms with Crippen LogP contribution in [0.15, 0.2) is 36.7 Å². The molecule has 4 aromatic heterocycles. The van der Waals surface area contributed by atoms with E-state index in [1.165, 1.54) is 9.58 Å². The van der Waals surface area contributed by atoms with Gasteiger partial charge in [-0.15, -0.1) is 5.10 Å². The van der Waals surface area contributed by atoms with Crippen molar-refractivity contribution >= 4 is 29.1 Å². The number of nitrogen functional groups attached to an aromatic ring is 1. The van der Waals surface area contributed by atoms with Gasteiger partial charge in [-0.3, -0.25) is 0 Å². The zero-order valence-electron chi connectivity index (χ0n) is 15.5. The van der Waals surface area contributed by atoms with Gasteiger partial charge in [0.25, 0.3) is 0 Å². The Morgan fingerprint density at radius 1 is 1.21 bits per heavy atom. The second kappa shape index (κ2) is 6.61. The Morgan fingerprint density at radius 3 is 2.79 bits per heavy atom. The summed E-state index contributed by atoms with van der Waals surface area (Å²) in [5, 5.41) is 11.8. The van der Waals surface area contributed by atoms with Gasteiger partial charge in [-0.2, -0.15) is 9.78 Å². The van der Waals surface area contributed by atoms with Crippen molar-refractivity contribution in [1.29, 1.82) is 0 Å². The van der Waals surface area contributed by atoms with E-state index in [1.54, 1.807) is 56.1 Å². The maximum Gasteiger partial charge on any atom is 0.344 e. The number of aromatic nitrogens is 7. The molecule has 0 bridgehead atoms. The Kier molecular flexibility index (Phi) is 4.11. The van der Waals surface area contributed by atoms with Crippen molar-refractivity contribution in [1.82, 2.24) is 39.2 Å². The molecule has 0 spiro atoms. The van der Waals surface area contributed by atoms with Gasteiger partial charge < -0.3 is 16.0 Å². The molecule has 0 saturated carbocycles. The lowest BCUT2D eigenvalue weighted by Crippen LogP contribution is -2.27. The predicted octanol–water partition coefficient (Wildman–Crippen LogP) is 1.55. The summed E-state index contributed by atoms with van der Waals surface area (Å²) in [6.45, 7) is 1.76. The van der Waals surface area contributed by atoms with Crippen LogP contribution in [-0.2, 0) is 0 Å². The fourth-order valence-electron chi connectivity index (χ4n) is 2.74. The Labute approximate surface area is 159 Å². The number of rotatable bonds is 3. The van der Waals surface area contributed by atoms with Crippen molar-refractivity contribution in [3.05, 3.63) is 42.5 Å². The number of fused-ring (bicyclic) bond motifs is 1. The summed E-state index contributed by atoms with van der Waals surface area (Å²) in [5.74, 6) is 1.82. The molecule has 3 N–H and O–H groups in total. The molecule has 4 heterocycles. The SMILES string of the molecule is Cc1nc(N)cc(-c2c(Nc3ccn(C(=O)N(C)C)n3)nc3cccnn23)n1. The molecule has 11 heteroatoms. The van der Waals surface area contributed by atoms with E-state index in [2.05, 4.69) is 30.5 Å². The summed E-state index contributed by atoms with van der Waals surface area (Å²) < 4.78 is 2.90. The van der Waals surface area contributed by atoms with Crippen molar-refractivity contribution in [3.8, 4) is 11.4 Å². The monoisotopic (exact) mass is 378 g/mol. The van der Waals surface area contributed by atoms with E-state index in [1.807, 2.05) is 6.07 Å². The van der Waals surface area contributed by atoms with E-state index in [9.17, 15) is 4.79 Å². The van der Waals surface area contributed by atoms with Gasteiger partial charge >= 0.3 is 6.03 Å². The number of imidazole rings is 1. The second-order valence-electron chi connectivity index (χ2n) is 6.28. The van der Waals surface area contributed by atoms with Crippen LogP contribution in [0.3, 0.4) is 0 Å². The molecule has 4 aromatic rings. The van der Waals surface area contributed by atoms with Crippen molar-refractivity contribution in [3.63, 3.8) is 0 Å². The Balaban J connectivity index is 1.80. The van der Waals surface area contributed by atoms with Crippen molar-refractivity contribution in [2.24, 2.45) is 0 Å². The zero-order valence-corrected chi connectivity index (χ0v) is 15.5. The van der Waals surface area contributed by atoms with Crippen LogP contribution in [-0.4, -0.2) is 59.4 Å². The summed E-state index contributed by atoms with van der Waals surface area (Å²) >= 11 is 0. The molecule has 1 amide bonds. The average molecular weight is 378 g/mol. The minimum absolute atomic E-state index is 0.260. The van der Waals surface area contributed by atoms with Gasteiger partial charge in [0.05, 0.1) is 5.69 Å². The number of aryl methyl sites for hydroxylation is 1. The van der Waals surface area contributed by atoms with Gasteiger partial charge in [-0.1, -0.05) is 0 Å². The number of nitrogens with one attached hydrogen (secondary N) is 1. The van der Waals surface area contributed by atoms with Gasteiger partial charge in [0.2, 0.25) is 0 Å². The number of anilines is 3. The first-order valence-electron chi connectivity index (χ1n) is 8.42. The van der Waals surface area contributed by atoms with E-state index in [0.29, 0.717) is 40.3 Å². The molecule has 4 rings (SSSR count). The lowest BCUT2D eigenvalue weighted by atomic mass is 10.3. The summed E-state index contributed by atoms with van der Waals surface area (Å²) in [6.07, 6.45) is 3.23. The molecule has 0 fully saturated rings. The van der Waals surface area contributed by atoms with Crippen LogP contribution in [0.1, 0.15) is 5.82 Å². The average Bonchev–Trinajstić information content (AvgIpc) is 3.24. The van der Waals surface area contributed by atoms with E-state index in [0.717, 1.165) is 0 Å². The first-order chi connectivity index (χ1) is 13.4. The maximum atomic E-state index is 12.1. The van der Waals surface area contributed by atoms with E-state index >= 15 is 0 Å². The molecule has 28 heavy (non-hydrogen) atoms. The normalized spacial score (nSPS) is 11.0. The molecule has 0 radical (unpaired) electrons. The molecule has 142 valence electrons. The van der Waals surface area contributed by atoms with Gasteiger partial charge in [0.15, 0.2) is 17.3 Å². The molecular formula is C17H18N10O. The van der Waals surface area contributed by atoms with Crippen molar-refractivity contribution in [2.45, 2.75) is 6.92 Å². The maximum absolute atomic E-state index is 12.1. The Hall–Kier alpha value is -4.02. The van der Waals surface area contributed by atoms with Crippen LogP contribution in [0, 0.1) is 6.92 Å². The lowest BCUT2D eigenvalue weighted by molar-refractivity contribution is 0.216. The fourth-order valence-corrected chi connectivity index (χ4v) is 2.74. The highest BCUT2D eigenvalue weighted by atomic mass is 16.2. The van der Waals surface area contributed by atoms with Crippen LogP contribution in [0.4, 0.5) is 22.2 Å².